The Morgan fingerprint density at radius 2 is 1.08 bits per heavy atom. The fourth-order valence-electron chi connectivity index (χ4n) is 3.11. The van der Waals surface area contributed by atoms with E-state index in [0.29, 0.717) is 30.9 Å². The van der Waals surface area contributed by atoms with Crippen molar-refractivity contribution in [1.29, 1.82) is 0 Å². The molecule has 0 aliphatic heterocycles. The summed E-state index contributed by atoms with van der Waals surface area (Å²) in [6.45, 7) is 5.35. The number of hydrogen-bond acceptors (Lipinski definition) is 6. The number of carbonyl (C=O) groups excluding carboxylic acids is 3. The van der Waals surface area contributed by atoms with E-state index in [1.165, 1.54) is 10.8 Å². The van der Waals surface area contributed by atoms with Crippen LogP contribution in [0.4, 0.5) is 11.4 Å². The molecule has 0 saturated carbocycles. The van der Waals surface area contributed by atoms with Gasteiger partial charge >= 0.3 is 0 Å². The highest BCUT2D eigenvalue weighted by Crippen LogP contribution is 2.22. The maximum absolute atomic E-state index is 11.9. The summed E-state index contributed by atoms with van der Waals surface area (Å²) >= 11 is 0. The summed E-state index contributed by atoms with van der Waals surface area (Å²) in [5, 5.41) is 11.9. The van der Waals surface area contributed by atoms with E-state index in [9.17, 15) is 14.4 Å². The molecule has 36 heavy (non-hydrogen) atoms. The molecular formula is C27H36N4O3S2. The van der Waals surface area contributed by atoms with Crippen LogP contribution in [0.2, 0.25) is 0 Å². The van der Waals surface area contributed by atoms with Crippen LogP contribution in [-0.4, -0.2) is 42.3 Å². The molecule has 0 aromatic heterocycles. The maximum atomic E-state index is 11.9. The molecule has 0 spiro atoms. The van der Waals surface area contributed by atoms with E-state index in [4.69, 9.17) is 0 Å². The number of nitrogens with one attached hydrogen (secondary N) is 4. The van der Waals surface area contributed by atoms with Crippen molar-refractivity contribution in [2.24, 2.45) is 0 Å². The average Bonchev–Trinajstić information content (AvgIpc) is 2.87. The Bertz CT molecular complexity index is 865. The van der Waals surface area contributed by atoms with Crippen LogP contribution in [0.1, 0.15) is 38.5 Å². The molecule has 194 valence electrons. The number of anilines is 2. The van der Waals surface area contributed by atoms with Crippen molar-refractivity contribution >= 4 is 50.7 Å². The summed E-state index contributed by atoms with van der Waals surface area (Å²) in [5.41, 5.74) is 2.53. The van der Waals surface area contributed by atoms with E-state index in [1.54, 1.807) is 10.8 Å². The minimum absolute atomic E-state index is 0.00594. The fraction of sp³-hybridized carbons (Fsp3) is 0.370. The van der Waals surface area contributed by atoms with Gasteiger partial charge < -0.3 is 21.3 Å². The highest BCUT2D eigenvalue weighted by molar-refractivity contribution is 8.76. The van der Waals surface area contributed by atoms with Crippen molar-refractivity contribution in [3.63, 3.8) is 0 Å². The minimum Gasteiger partial charge on any atom is -0.388 e. The number of benzene rings is 2. The van der Waals surface area contributed by atoms with E-state index in [0.717, 1.165) is 49.3 Å². The Kier molecular flexibility index (Phi) is 15.0. The van der Waals surface area contributed by atoms with Crippen LogP contribution in [0.25, 0.3) is 0 Å². The lowest BCUT2D eigenvalue weighted by molar-refractivity contribution is -0.118. The van der Waals surface area contributed by atoms with Gasteiger partial charge in [0.05, 0.1) is 5.75 Å². The first-order chi connectivity index (χ1) is 17.5. The predicted molar refractivity (Wildman–Crippen MR) is 153 cm³/mol. The molecule has 0 bridgehead atoms. The quantitative estimate of drug-likeness (QED) is 0.157. The molecule has 2 aromatic carbocycles. The molecule has 0 radical (unpaired) electrons. The number of rotatable bonds is 18. The molecule has 2 aromatic rings. The van der Waals surface area contributed by atoms with E-state index in [1.807, 2.05) is 60.7 Å². The zero-order chi connectivity index (χ0) is 25.8. The minimum atomic E-state index is -0.0122. The first-order valence-electron chi connectivity index (χ1n) is 12.2. The largest absolute Gasteiger partial charge is 0.388 e. The third-order valence-corrected chi connectivity index (χ3v) is 7.20. The second kappa shape index (κ2) is 18.4. The van der Waals surface area contributed by atoms with E-state index in [2.05, 4.69) is 27.8 Å². The zero-order valence-electron chi connectivity index (χ0n) is 20.6. The van der Waals surface area contributed by atoms with Crippen LogP contribution in [0.3, 0.4) is 0 Å². The van der Waals surface area contributed by atoms with Crippen LogP contribution in [0, 0.1) is 0 Å². The van der Waals surface area contributed by atoms with Crippen molar-refractivity contribution in [3.05, 3.63) is 72.9 Å². The fourth-order valence-corrected chi connectivity index (χ4v) is 4.98. The number of carbonyl (C=O) groups is 3. The molecule has 7 nitrogen and oxygen atoms in total. The maximum Gasteiger partial charge on any atom is 0.230 e. The first kappa shape index (κ1) is 29.3. The van der Waals surface area contributed by atoms with Crippen molar-refractivity contribution in [3.8, 4) is 0 Å². The summed E-state index contributed by atoms with van der Waals surface area (Å²) in [6.07, 6.45) is 4.10. The zero-order valence-corrected chi connectivity index (χ0v) is 22.2. The summed E-state index contributed by atoms with van der Waals surface area (Å²) in [6, 6.07) is 18.8. The standard InChI is InChI=1S/C27H36N4O3S2/c1-22(28-18-10-8-16-25(32)30-23-12-4-2-5-13-23)20-35-36-21-27(34)29-19-11-9-17-26(33)31-24-14-6-3-7-15-24/h2-7,12-15,28H,1,8-11,16-21H2,(H,29,34)(H,30,32)(H,31,33). The lowest BCUT2D eigenvalue weighted by Gasteiger charge is -2.09. The molecule has 0 atom stereocenters. The van der Waals surface area contributed by atoms with Crippen molar-refractivity contribution in [2.45, 2.75) is 38.5 Å². The third kappa shape index (κ3) is 14.5. The molecule has 4 N–H and O–H groups in total. The lowest BCUT2D eigenvalue weighted by atomic mass is 10.2. The van der Waals surface area contributed by atoms with Gasteiger partial charge in [0.25, 0.3) is 0 Å². The van der Waals surface area contributed by atoms with Crippen molar-refractivity contribution in [2.75, 3.05) is 35.2 Å². The SMILES string of the molecule is C=C(CSSCC(=O)NCCCCC(=O)Nc1ccccc1)NCCCCC(=O)Nc1ccccc1. The number of amides is 3. The van der Waals surface area contributed by atoms with Gasteiger partial charge in [0.2, 0.25) is 17.7 Å². The molecule has 2 rings (SSSR count). The summed E-state index contributed by atoms with van der Waals surface area (Å²) in [4.78, 5) is 35.8. The van der Waals surface area contributed by atoms with Gasteiger partial charge in [0, 0.05) is 48.8 Å². The lowest BCUT2D eigenvalue weighted by Crippen LogP contribution is -2.26. The van der Waals surface area contributed by atoms with E-state index < -0.39 is 0 Å². The van der Waals surface area contributed by atoms with Crippen LogP contribution in [0.15, 0.2) is 72.9 Å². The summed E-state index contributed by atoms with van der Waals surface area (Å²) < 4.78 is 0. The van der Waals surface area contributed by atoms with Gasteiger partial charge in [0.1, 0.15) is 0 Å². The number of unbranched alkanes of at least 4 members (excludes halogenated alkanes) is 2. The van der Waals surface area contributed by atoms with Gasteiger partial charge in [-0.2, -0.15) is 0 Å². The van der Waals surface area contributed by atoms with Gasteiger partial charge in [-0.15, -0.1) is 0 Å². The van der Waals surface area contributed by atoms with E-state index >= 15 is 0 Å². The first-order valence-corrected chi connectivity index (χ1v) is 14.6. The van der Waals surface area contributed by atoms with Crippen LogP contribution >= 0.6 is 21.6 Å². The molecular weight excluding hydrogens is 492 g/mol. The Labute approximate surface area is 222 Å². The Morgan fingerprint density at radius 3 is 1.61 bits per heavy atom. The van der Waals surface area contributed by atoms with Crippen LogP contribution in [0.5, 0.6) is 0 Å². The molecule has 3 amide bonds. The van der Waals surface area contributed by atoms with Gasteiger partial charge in [-0.1, -0.05) is 64.6 Å². The number of hydrogen-bond donors (Lipinski definition) is 4. The van der Waals surface area contributed by atoms with Crippen LogP contribution < -0.4 is 21.3 Å². The third-order valence-electron chi connectivity index (χ3n) is 4.98. The van der Waals surface area contributed by atoms with Crippen molar-refractivity contribution < 1.29 is 14.4 Å². The second-order valence-electron chi connectivity index (χ2n) is 8.15. The van der Waals surface area contributed by atoms with Crippen molar-refractivity contribution in [1.82, 2.24) is 10.6 Å². The molecule has 0 heterocycles. The molecule has 0 aliphatic carbocycles. The smallest absolute Gasteiger partial charge is 0.230 e. The summed E-state index contributed by atoms with van der Waals surface area (Å²) in [7, 11) is 3.08. The van der Waals surface area contributed by atoms with Gasteiger partial charge in [0.15, 0.2) is 0 Å². The van der Waals surface area contributed by atoms with E-state index in [-0.39, 0.29) is 17.7 Å². The normalized spacial score (nSPS) is 10.3. The summed E-state index contributed by atoms with van der Waals surface area (Å²) in [5.74, 6) is 1.10. The Hall–Kier alpha value is -2.91. The predicted octanol–water partition coefficient (Wildman–Crippen LogP) is 5.21. The van der Waals surface area contributed by atoms with Gasteiger partial charge in [-0.05, 0) is 49.9 Å². The highest BCUT2D eigenvalue weighted by Gasteiger charge is 2.05. The molecule has 0 saturated heterocycles. The van der Waals surface area contributed by atoms with Gasteiger partial charge in [-0.3, -0.25) is 14.4 Å². The number of para-hydroxylation sites is 2. The molecule has 0 aliphatic rings. The Morgan fingerprint density at radius 1 is 0.611 bits per heavy atom. The average molecular weight is 529 g/mol. The molecule has 0 fully saturated rings. The highest BCUT2D eigenvalue weighted by atomic mass is 33.1. The monoisotopic (exact) mass is 528 g/mol. The Balaban J connectivity index is 1.37. The molecule has 9 heteroatoms. The molecule has 0 unspecified atom stereocenters. The second-order valence-corrected chi connectivity index (χ2v) is 10.6. The van der Waals surface area contributed by atoms with Crippen LogP contribution in [-0.2, 0) is 14.4 Å². The topological polar surface area (TPSA) is 99.3 Å². The van der Waals surface area contributed by atoms with Gasteiger partial charge in [-0.25, -0.2) is 0 Å².